The van der Waals surface area contributed by atoms with Gasteiger partial charge in [0, 0.05) is 18.6 Å². The third-order valence-electron chi connectivity index (χ3n) is 6.63. The number of methoxy groups -OCH3 is 1. The predicted molar refractivity (Wildman–Crippen MR) is 133 cm³/mol. The number of amidine groups is 1. The largest absolute Gasteiger partial charge is 0.493 e. The van der Waals surface area contributed by atoms with Crippen LogP contribution in [-0.2, 0) is 21.4 Å². The molecule has 4 rings (SSSR count). The van der Waals surface area contributed by atoms with Crippen molar-refractivity contribution in [3.8, 4) is 5.75 Å². The first kappa shape index (κ1) is 24.8. The molecule has 0 saturated carbocycles. The Morgan fingerprint density at radius 1 is 1.18 bits per heavy atom. The SMILES string of the molecule is COC1=NS(=O)(=O)N(C(C)C)C(NCCCOc2cccc3c2CCCC3N2CCCCC2)=N1. The quantitative estimate of drug-likeness (QED) is 0.589. The van der Waals surface area contributed by atoms with Crippen molar-refractivity contribution < 1.29 is 17.9 Å². The van der Waals surface area contributed by atoms with Gasteiger partial charge >= 0.3 is 16.2 Å². The smallest absolute Gasteiger partial charge is 0.351 e. The second kappa shape index (κ2) is 10.9. The summed E-state index contributed by atoms with van der Waals surface area (Å²) in [5.41, 5.74) is 2.79. The molecule has 1 aromatic carbocycles. The van der Waals surface area contributed by atoms with Gasteiger partial charge in [-0.25, -0.2) is 4.31 Å². The summed E-state index contributed by atoms with van der Waals surface area (Å²) in [7, 11) is -2.52. The van der Waals surface area contributed by atoms with Gasteiger partial charge in [0.05, 0.1) is 13.7 Å². The lowest BCUT2D eigenvalue weighted by molar-refractivity contribution is 0.147. The molecular formula is C24H37N5O4S. The number of rotatable bonds is 7. The Kier molecular flexibility index (Phi) is 7.98. The fraction of sp³-hybridized carbons (Fsp3) is 0.667. The van der Waals surface area contributed by atoms with Gasteiger partial charge in [-0.1, -0.05) is 23.0 Å². The minimum atomic E-state index is -3.88. The fourth-order valence-corrected chi connectivity index (χ4v) is 6.37. The van der Waals surface area contributed by atoms with Crippen LogP contribution in [0.15, 0.2) is 27.6 Å². The molecule has 1 atom stereocenters. The number of likely N-dealkylation sites (tertiary alicyclic amines) is 1. The molecule has 1 aliphatic carbocycles. The number of aliphatic imine (C=N–C) groups is 1. The van der Waals surface area contributed by atoms with Crippen molar-refractivity contribution in [2.45, 2.75) is 70.9 Å². The Balaban J connectivity index is 1.35. The van der Waals surface area contributed by atoms with Crippen molar-refractivity contribution in [2.24, 2.45) is 9.39 Å². The lowest BCUT2D eigenvalue weighted by Crippen LogP contribution is -2.50. The van der Waals surface area contributed by atoms with Crippen LogP contribution in [0, 0.1) is 0 Å². The monoisotopic (exact) mass is 491 g/mol. The topological polar surface area (TPSA) is 95.8 Å². The van der Waals surface area contributed by atoms with Crippen LogP contribution in [0.4, 0.5) is 0 Å². The zero-order valence-corrected chi connectivity index (χ0v) is 21.3. The lowest BCUT2D eigenvalue weighted by Gasteiger charge is -2.38. The second-order valence-corrected chi connectivity index (χ2v) is 10.8. The van der Waals surface area contributed by atoms with Crippen molar-refractivity contribution in [1.82, 2.24) is 14.5 Å². The highest BCUT2D eigenvalue weighted by Gasteiger charge is 2.33. The van der Waals surface area contributed by atoms with E-state index in [2.05, 4.69) is 37.8 Å². The molecule has 188 valence electrons. The molecule has 2 aliphatic heterocycles. The van der Waals surface area contributed by atoms with E-state index in [0.29, 0.717) is 25.6 Å². The fourth-order valence-electron chi connectivity index (χ4n) is 5.11. The summed E-state index contributed by atoms with van der Waals surface area (Å²) in [6.45, 7) is 7.00. The molecule has 0 amide bonds. The van der Waals surface area contributed by atoms with Crippen LogP contribution < -0.4 is 10.1 Å². The number of nitrogens with zero attached hydrogens (tertiary/aromatic N) is 4. The van der Waals surface area contributed by atoms with Gasteiger partial charge in [-0.3, -0.25) is 4.90 Å². The maximum Gasteiger partial charge on any atom is 0.351 e. The number of nitrogens with one attached hydrogen (secondary N) is 1. The number of hydrogen-bond acceptors (Lipinski definition) is 7. The number of ether oxygens (including phenoxy) is 2. The van der Waals surface area contributed by atoms with E-state index in [-0.39, 0.29) is 18.0 Å². The zero-order valence-electron chi connectivity index (χ0n) is 20.5. The van der Waals surface area contributed by atoms with E-state index >= 15 is 0 Å². The Hall–Kier alpha value is -2.33. The molecule has 0 aromatic heterocycles. The van der Waals surface area contributed by atoms with Crippen LogP contribution in [0.5, 0.6) is 5.75 Å². The van der Waals surface area contributed by atoms with E-state index in [1.165, 1.54) is 67.7 Å². The maximum atomic E-state index is 12.5. The first-order valence-corrected chi connectivity index (χ1v) is 13.8. The summed E-state index contributed by atoms with van der Waals surface area (Å²) in [5.74, 6) is 1.21. The van der Waals surface area contributed by atoms with Gasteiger partial charge in [-0.15, -0.1) is 0 Å². The average molecular weight is 492 g/mol. The summed E-state index contributed by atoms with van der Waals surface area (Å²) in [6.07, 6.45) is 8.12. The Bertz CT molecular complexity index is 1020. The Morgan fingerprint density at radius 3 is 2.71 bits per heavy atom. The van der Waals surface area contributed by atoms with Crippen molar-refractivity contribution in [3.05, 3.63) is 29.3 Å². The molecule has 0 radical (unpaired) electrons. The molecule has 2 heterocycles. The molecule has 1 saturated heterocycles. The van der Waals surface area contributed by atoms with Crippen LogP contribution in [-0.4, -0.2) is 69.0 Å². The molecule has 9 nitrogen and oxygen atoms in total. The normalized spacial score (nSPS) is 22.6. The van der Waals surface area contributed by atoms with Crippen LogP contribution in [0.3, 0.4) is 0 Å². The minimum absolute atomic E-state index is 0.171. The van der Waals surface area contributed by atoms with Gasteiger partial charge in [-0.2, -0.15) is 13.4 Å². The molecule has 0 bridgehead atoms. The standard InChI is InChI=1S/C24H37N5O4S/c1-18(2)29-23(26-24(32-3)27-34(29,30)31)25-14-9-17-33-22-13-8-10-19-20(22)11-7-12-21(19)28-15-5-4-6-16-28/h8,10,13,18,21H,4-7,9,11-12,14-17H2,1-3H3,(H,25,26,27). The van der Waals surface area contributed by atoms with Gasteiger partial charge in [0.1, 0.15) is 5.75 Å². The van der Waals surface area contributed by atoms with Crippen LogP contribution in [0.2, 0.25) is 0 Å². The Labute approximate surface area is 203 Å². The third-order valence-corrected chi connectivity index (χ3v) is 8.11. The molecule has 1 fully saturated rings. The second-order valence-electron chi connectivity index (χ2n) is 9.34. The van der Waals surface area contributed by atoms with Gasteiger partial charge in [0.15, 0.2) is 0 Å². The van der Waals surface area contributed by atoms with Gasteiger partial charge < -0.3 is 14.8 Å². The Morgan fingerprint density at radius 2 is 1.97 bits per heavy atom. The molecular weight excluding hydrogens is 454 g/mol. The summed E-state index contributed by atoms with van der Waals surface area (Å²) in [6, 6.07) is 6.49. The maximum absolute atomic E-state index is 12.5. The average Bonchev–Trinajstić information content (AvgIpc) is 2.82. The molecule has 1 aromatic rings. The van der Waals surface area contributed by atoms with Crippen LogP contribution in [0.1, 0.15) is 69.5 Å². The van der Waals surface area contributed by atoms with E-state index in [1.54, 1.807) is 13.8 Å². The number of hydrogen-bond donors (Lipinski definition) is 1. The van der Waals surface area contributed by atoms with Gasteiger partial charge in [-0.05, 0) is 82.7 Å². The molecule has 3 aliphatic rings. The highest BCUT2D eigenvalue weighted by Crippen LogP contribution is 2.39. The van der Waals surface area contributed by atoms with E-state index in [9.17, 15) is 8.42 Å². The zero-order chi connectivity index (χ0) is 24.1. The van der Waals surface area contributed by atoms with Crippen LogP contribution in [0.25, 0.3) is 0 Å². The molecule has 10 heteroatoms. The summed E-state index contributed by atoms with van der Waals surface area (Å²) < 4.78 is 40.9. The molecule has 1 N–H and O–H groups in total. The summed E-state index contributed by atoms with van der Waals surface area (Å²) >= 11 is 0. The van der Waals surface area contributed by atoms with E-state index in [1.807, 2.05) is 0 Å². The number of piperidine rings is 1. The molecule has 1 unspecified atom stereocenters. The van der Waals surface area contributed by atoms with Gasteiger partial charge in [0.2, 0.25) is 5.96 Å². The minimum Gasteiger partial charge on any atom is -0.493 e. The van der Waals surface area contributed by atoms with E-state index in [4.69, 9.17) is 9.47 Å². The summed E-state index contributed by atoms with van der Waals surface area (Å²) in [4.78, 5) is 6.86. The van der Waals surface area contributed by atoms with Crippen molar-refractivity contribution in [1.29, 1.82) is 0 Å². The van der Waals surface area contributed by atoms with Gasteiger partial charge in [0.25, 0.3) is 0 Å². The van der Waals surface area contributed by atoms with Crippen molar-refractivity contribution in [3.63, 3.8) is 0 Å². The first-order chi connectivity index (χ1) is 16.4. The summed E-state index contributed by atoms with van der Waals surface area (Å²) in [5, 5.41) is 3.12. The number of benzene rings is 1. The third kappa shape index (κ3) is 5.49. The predicted octanol–water partition coefficient (Wildman–Crippen LogP) is 3.24. The van der Waals surface area contributed by atoms with Crippen molar-refractivity contribution in [2.75, 3.05) is 33.4 Å². The van der Waals surface area contributed by atoms with Crippen molar-refractivity contribution >= 4 is 22.2 Å². The first-order valence-electron chi connectivity index (χ1n) is 12.4. The number of guanidine groups is 1. The highest BCUT2D eigenvalue weighted by molar-refractivity contribution is 7.88. The lowest BCUT2D eigenvalue weighted by atomic mass is 9.85. The molecule has 34 heavy (non-hydrogen) atoms. The highest BCUT2D eigenvalue weighted by atomic mass is 32.2. The van der Waals surface area contributed by atoms with E-state index < -0.39 is 10.2 Å². The van der Waals surface area contributed by atoms with Crippen LogP contribution >= 0.6 is 0 Å². The van der Waals surface area contributed by atoms with E-state index in [0.717, 1.165) is 12.2 Å². The number of fused-ring (bicyclic) bond motifs is 1. The molecule has 0 spiro atoms.